The van der Waals surface area contributed by atoms with Gasteiger partial charge in [-0.15, -0.1) is 0 Å². The van der Waals surface area contributed by atoms with Gasteiger partial charge in [-0.05, 0) is 33.1 Å². The second-order valence-electron chi connectivity index (χ2n) is 4.67. The van der Waals surface area contributed by atoms with E-state index in [-0.39, 0.29) is 5.91 Å². The number of nitrogens with zero attached hydrogens (tertiary/aromatic N) is 2. The third kappa shape index (κ3) is 1.74. The topological polar surface area (TPSA) is 23.6 Å². The molecule has 1 amide bonds. The molecule has 2 atom stereocenters. The third-order valence-corrected chi connectivity index (χ3v) is 3.44. The monoisotopic (exact) mass is 206 g/mol. The zero-order valence-corrected chi connectivity index (χ0v) is 9.66. The molecule has 0 aromatic rings. The van der Waals surface area contributed by atoms with Crippen molar-refractivity contribution in [1.82, 2.24) is 9.80 Å². The molecular formula is C12H18N2O. The Morgan fingerprint density at radius 3 is 2.53 bits per heavy atom. The van der Waals surface area contributed by atoms with E-state index in [4.69, 9.17) is 0 Å². The predicted molar refractivity (Wildman–Crippen MR) is 59.2 cm³/mol. The first kappa shape index (κ1) is 10.5. The molecular weight excluding hydrogens is 188 g/mol. The van der Waals surface area contributed by atoms with Crippen molar-refractivity contribution in [1.29, 1.82) is 0 Å². The van der Waals surface area contributed by atoms with E-state index >= 15 is 0 Å². The fourth-order valence-corrected chi connectivity index (χ4v) is 2.76. The summed E-state index contributed by atoms with van der Waals surface area (Å²) in [5, 5.41) is 0. The van der Waals surface area contributed by atoms with Crippen LogP contribution in [0, 0.1) is 11.8 Å². The van der Waals surface area contributed by atoms with E-state index in [0.717, 1.165) is 19.5 Å². The number of piperazine rings is 1. The molecule has 2 rings (SSSR count). The van der Waals surface area contributed by atoms with Crippen LogP contribution in [0.25, 0.3) is 0 Å². The van der Waals surface area contributed by atoms with Gasteiger partial charge in [-0.2, -0.15) is 0 Å². The van der Waals surface area contributed by atoms with Crippen molar-refractivity contribution in [3.8, 4) is 11.8 Å². The number of rotatable bonds is 1. The lowest BCUT2D eigenvalue weighted by molar-refractivity contribution is -0.127. The highest BCUT2D eigenvalue weighted by Gasteiger charge is 2.45. The number of likely N-dealkylation sites (tertiary alicyclic amines) is 2. The summed E-state index contributed by atoms with van der Waals surface area (Å²) in [4.78, 5) is 16.1. The Bertz CT molecular complexity index is 326. The van der Waals surface area contributed by atoms with Crippen LogP contribution in [-0.4, -0.2) is 46.9 Å². The molecule has 0 saturated carbocycles. The number of fused-ring (bicyclic) bond motifs is 2. The smallest absolute Gasteiger partial charge is 0.298 e. The first-order valence-corrected chi connectivity index (χ1v) is 5.62. The summed E-state index contributed by atoms with van der Waals surface area (Å²) in [5.41, 5.74) is 0. The molecule has 0 aromatic heterocycles. The van der Waals surface area contributed by atoms with Crippen LogP contribution in [0.5, 0.6) is 0 Å². The molecule has 3 nitrogen and oxygen atoms in total. The van der Waals surface area contributed by atoms with Gasteiger partial charge in [0.25, 0.3) is 5.91 Å². The Morgan fingerprint density at radius 1 is 1.33 bits per heavy atom. The average molecular weight is 206 g/mol. The van der Waals surface area contributed by atoms with E-state index < -0.39 is 0 Å². The normalized spacial score (nSPS) is 29.5. The minimum Gasteiger partial charge on any atom is -0.326 e. The van der Waals surface area contributed by atoms with Crippen LogP contribution in [-0.2, 0) is 4.79 Å². The highest BCUT2D eigenvalue weighted by molar-refractivity contribution is 5.94. The highest BCUT2D eigenvalue weighted by Crippen LogP contribution is 2.31. The van der Waals surface area contributed by atoms with Gasteiger partial charge in [0.15, 0.2) is 0 Å². The molecule has 0 N–H and O–H groups in total. The first-order chi connectivity index (χ1) is 7.13. The van der Waals surface area contributed by atoms with Crippen LogP contribution < -0.4 is 0 Å². The fraction of sp³-hybridized carbons (Fsp3) is 0.750. The van der Waals surface area contributed by atoms with Gasteiger partial charge in [0.2, 0.25) is 0 Å². The SMILES string of the molecule is CC#CC(=O)N1CC2CC1CN2C(C)C. The molecule has 2 bridgehead atoms. The summed E-state index contributed by atoms with van der Waals surface area (Å²) in [5.74, 6) is 5.33. The van der Waals surface area contributed by atoms with Crippen molar-refractivity contribution < 1.29 is 4.79 Å². The van der Waals surface area contributed by atoms with Crippen LogP contribution >= 0.6 is 0 Å². The van der Waals surface area contributed by atoms with Gasteiger partial charge < -0.3 is 4.90 Å². The van der Waals surface area contributed by atoms with E-state index in [1.807, 2.05) is 4.90 Å². The average Bonchev–Trinajstić information content (AvgIpc) is 2.76. The molecule has 0 radical (unpaired) electrons. The second-order valence-corrected chi connectivity index (χ2v) is 4.67. The number of amides is 1. The van der Waals surface area contributed by atoms with Crippen molar-refractivity contribution in [3.63, 3.8) is 0 Å². The fourth-order valence-electron chi connectivity index (χ4n) is 2.76. The standard InChI is InChI=1S/C12H18N2O/c1-4-5-12(15)14-8-10-6-11(14)7-13(10)9(2)3/h9-11H,6-8H2,1-3H3. The van der Waals surface area contributed by atoms with Gasteiger partial charge in [0.1, 0.15) is 0 Å². The molecule has 15 heavy (non-hydrogen) atoms. The van der Waals surface area contributed by atoms with Gasteiger partial charge in [-0.3, -0.25) is 9.69 Å². The lowest BCUT2D eigenvalue weighted by Crippen LogP contribution is -2.50. The van der Waals surface area contributed by atoms with Crippen LogP contribution in [0.3, 0.4) is 0 Å². The van der Waals surface area contributed by atoms with Gasteiger partial charge in [0.05, 0.1) is 0 Å². The minimum atomic E-state index is 0.00778. The van der Waals surface area contributed by atoms with Crippen molar-refractivity contribution in [2.45, 2.75) is 45.3 Å². The van der Waals surface area contributed by atoms with E-state index in [2.05, 4.69) is 30.6 Å². The van der Waals surface area contributed by atoms with Crippen LogP contribution in [0.4, 0.5) is 0 Å². The molecule has 2 fully saturated rings. The summed E-state index contributed by atoms with van der Waals surface area (Å²) < 4.78 is 0. The second kappa shape index (κ2) is 3.86. The van der Waals surface area contributed by atoms with Crippen molar-refractivity contribution in [2.75, 3.05) is 13.1 Å². The van der Waals surface area contributed by atoms with Crippen LogP contribution in [0.2, 0.25) is 0 Å². The Labute approximate surface area is 91.4 Å². The van der Waals surface area contributed by atoms with E-state index in [0.29, 0.717) is 18.1 Å². The zero-order chi connectivity index (χ0) is 11.0. The summed E-state index contributed by atoms with van der Waals surface area (Å²) in [6.07, 6.45) is 1.13. The maximum absolute atomic E-state index is 11.6. The molecule has 82 valence electrons. The van der Waals surface area contributed by atoms with Crippen molar-refractivity contribution in [2.24, 2.45) is 0 Å². The summed E-state index contributed by atoms with van der Waals surface area (Å²) >= 11 is 0. The van der Waals surface area contributed by atoms with E-state index in [9.17, 15) is 4.79 Å². The van der Waals surface area contributed by atoms with Crippen LogP contribution in [0.1, 0.15) is 27.2 Å². The summed E-state index contributed by atoms with van der Waals surface area (Å²) in [7, 11) is 0. The molecule has 0 aliphatic carbocycles. The predicted octanol–water partition coefficient (Wildman–Crippen LogP) is 0.703. The molecule has 3 heteroatoms. The Balaban J connectivity index is 2.02. The molecule has 2 heterocycles. The molecule has 2 aliphatic heterocycles. The van der Waals surface area contributed by atoms with E-state index in [1.54, 1.807) is 6.92 Å². The molecule has 0 aromatic carbocycles. The Hall–Kier alpha value is -1.01. The molecule has 2 saturated heterocycles. The first-order valence-electron chi connectivity index (χ1n) is 5.62. The lowest BCUT2D eigenvalue weighted by Gasteiger charge is -2.35. The van der Waals surface area contributed by atoms with Crippen LogP contribution in [0.15, 0.2) is 0 Å². The van der Waals surface area contributed by atoms with Gasteiger partial charge in [0, 0.05) is 31.2 Å². The Kier molecular flexibility index (Phi) is 2.70. The summed E-state index contributed by atoms with van der Waals surface area (Å²) in [6, 6.07) is 1.57. The molecule has 2 unspecified atom stereocenters. The molecule has 2 aliphatic rings. The number of carbonyl (C=O) groups excluding carboxylic acids is 1. The third-order valence-electron chi connectivity index (χ3n) is 3.44. The van der Waals surface area contributed by atoms with Crippen molar-refractivity contribution in [3.05, 3.63) is 0 Å². The van der Waals surface area contributed by atoms with Gasteiger partial charge in [-0.25, -0.2) is 0 Å². The number of hydrogen-bond acceptors (Lipinski definition) is 2. The molecule has 0 spiro atoms. The largest absolute Gasteiger partial charge is 0.326 e. The van der Waals surface area contributed by atoms with Gasteiger partial charge in [-0.1, -0.05) is 5.92 Å². The minimum absolute atomic E-state index is 0.00778. The Morgan fingerprint density at radius 2 is 2.07 bits per heavy atom. The zero-order valence-electron chi connectivity index (χ0n) is 9.66. The number of carbonyl (C=O) groups is 1. The van der Waals surface area contributed by atoms with Crippen molar-refractivity contribution >= 4 is 5.91 Å². The maximum Gasteiger partial charge on any atom is 0.298 e. The summed E-state index contributed by atoms with van der Waals surface area (Å²) in [6.45, 7) is 8.06. The highest BCUT2D eigenvalue weighted by atomic mass is 16.2. The number of hydrogen-bond donors (Lipinski definition) is 0. The maximum atomic E-state index is 11.6. The lowest BCUT2D eigenvalue weighted by atomic mass is 10.2. The van der Waals surface area contributed by atoms with Gasteiger partial charge >= 0.3 is 0 Å². The quantitative estimate of drug-likeness (QED) is 0.590. The van der Waals surface area contributed by atoms with E-state index in [1.165, 1.54) is 0 Å².